The van der Waals surface area contributed by atoms with Gasteiger partial charge in [0, 0.05) is 5.69 Å². The topological polar surface area (TPSA) is 53.0 Å². The molecule has 21 heavy (non-hydrogen) atoms. The molecule has 108 valence electrons. The molecule has 2 aromatic rings. The average Bonchev–Trinajstić information content (AvgIpc) is 2.39. The highest BCUT2D eigenvalue weighted by atomic mass is 19.4. The van der Waals surface area contributed by atoms with Crippen LogP contribution in [0.5, 0.6) is 0 Å². The number of hydrazone groups is 1. The fourth-order valence-corrected chi connectivity index (χ4v) is 1.98. The lowest BCUT2D eigenvalue weighted by Gasteiger charge is -2.15. The highest BCUT2D eigenvalue weighted by molar-refractivity contribution is 5.98. The van der Waals surface area contributed by atoms with Gasteiger partial charge < -0.3 is 5.32 Å². The van der Waals surface area contributed by atoms with Crippen molar-refractivity contribution in [1.82, 2.24) is 5.53 Å². The fraction of sp³-hybridized carbons (Fsp3) is 0.0714. The Morgan fingerprint density at radius 1 is 1.00 bits per heavy atom. The Balaban J connectivity index is 1.84. The van der Waals surface area contributed by atoms with Crippen molar-refractivity contribution >= 4 is 17.2 Å². The van der Waals surface area contributed by atoms with Crippen LogP contribution in [0.15, 0.2) is 53.6 Å². The maximum Gasteiger partial charge on any atom is 0.416 e. The first kappa shape index (κ1) is 13.4. The number of nitrogens with zero attached hydrogens (tertiary/aromatic N) is 1. The monoisotopic (exact) mass is 293 g/mol. The zero-order valence-electron chi connectivity index (χ0n) is 10.8. The predicted molar refractivity (Wildman–Crippen MR) is 72.8 cm³/mol. The number of halogens is 3. The Labute approximate surface area is 118 Å². The van der Waals surface area contributed by atoms with Crippen molar-refractivity contribution in [3.05, 3.63) is 59.7 Å². The minimum Gasteiger partial charge on any atom is -0.355 e. The van der Waals surface area contributed by atoms with Gasteiger partial charge in [-0.3, -0.25) is 0 Å². The summed E-state index contributed by atoms with van der Waals surface area (Å²) in [6.45, 7) is 0. The van der Waals surface area contributed by atoms with Gasteiger partial charge in [0.05, 0.1) is 16.8 Å². The number of quaternary nitrogens is 1. The molecule has 0 radical (unpaired) electrons. The summed E-state index contributed by atoms with van der Waals surface area (Å²) >= 11 is 0. The number of hydrogen-bond acceptors (Lipinski definition) is 3. The van der Waals surface area contributed by atoms with E-state index in [1.165, 1.54) is 12.1 Å². The predicted octanol–water partition coefficient (Wildman–Crippen LogP) is 2.19. The lowest BCUT2D eigenvalue weighted by molar-refractivity contribution is -0.633. The zero-order chi connectivity index (χ0) is 14.9. The van der Waals surface area contributed by atoms with Crippen LogP contribution < -0.4 is 16.3 Å². The van der Waals surface area contributed by atoms with Gasteiger partial charge in [0.25, 0.3) is 5.84 Å². The second-order valence-corrected chi connectivity index (χ2v) is 4.52. The number of hydrogen-bond donors (Lipinski definition) is 3. The van der Waals surface area contributed by atoms with Crippen LogP contribution in [0.25, 0.3) is 0 Å². The van der Waals surface area contributed by atoms with E-state index in [9.17, 15) is 13.2 Å². The molecule has 2 aromatic carbocycles. The first-order chi connectivity index (χ1) is 10.0. The maximum absolute atomic E-state index is 12.5. The molecule has 0 saturated heterocycles. The van der Waals surface area contributed by atoms with Gasteiger partial charge in [-0.05, 0) is 36.4 Å². The molecular formula is C14H12F3N4+. The third kappa shape index (κ3) is 2.82. The molecule has 3 rings (SSSR count). The van der Waals surface area contributed by atoms with E-state index in [-0.39, 0.29) is 0 Å². The quantitative estimate of drug-likeness (QED) is 0.760. The number of anilines is 2. The van der Waals surface area contributed by atoms with E-state index in [4.69, 9.17) is 0 Å². The molecule has 0 fully saturated rings. The van der Waals surface area contributed by atoms with Gasteiger partial charge in [-0.1, -0.05) is 17.2 Å². The van der Waals surface area contributed by atoms with Crippen molar-refractivity contribution in [2.24, 2.45) is 5.10 Å². The van der Waals surface area contributed by atoms with Gasteiger partial charge in [-0.25, -0.2) is 0 Å². The smallest absolute Gasteiger partial charge is 0.355 e. The summed E-state index contributed by atoms with van der Waals surface area (Å²) in [5.74, 6) is 0.796. The van der Waals surface area contributed by atoms with Crippen LogP contribution in [0.2, 0.25) is 0 Å². The molecule has 1 aliphatic rings. The number of para-hydroxylation sites is 1. The van der Waals surface area contributed by atoms with Gasteiger partial charge in [0.1, 0.15) is 0 Å². The fourth-order valence-electron chi connectivity index (χ4n) is 1.98. The van der Waals surface area contributed by atoms with Gasteiger partial charge in [0.2, 0.25) is 0 Å². The Morgan fingerprint density at radius 2 is 1.67 bits per heavy atom. The second-order valence-electron chi connectivity index (χ2n) is 4.52. The molecule has 1 aliphatic heterocycles. The minimum atomic E-state index is -4.32. The standard InChI is InChI=1S/C14H11F3N4/c15-14(16,17)9-5-7-10(8-6-9)18-12-4-2-1-3-11(12)13-19-21-20-13/h1-8,18,21H,(H,19,20)/p+1. The molecule has 0 aliphatic carbocycles. The van der Waals surface area contributed by atoms with Crippen molar-refractivity contribution in [1.29, 1.82) is 0 Å². The molecule has 0 saturated carbocycles. The lowest BCUT2D eigenvalue weighted by atomic mass is 10.1. The SMILES string of the molecule is FC(F)(F)c1ccc(Nc2ccccc2C2=NN[NH2+]2)cc1. The van der Waals surface area contributed by atoms with E-state index in [0.717, 1.165) is 29.2 Å². The molecular weight excluding hydrogens is 281 g/mol. The minimum absolute atomic E-state index is 0.586. The van der Waals surface area contributed by atoms with Gasteiger partial charge in [-0.15, -0.1) is 5.53 Å². The largest absolute Gasteiger partial charge is 0.416 e. The summed E-state index contributed by atoms with van der Waals surface area (Å²) in [6, 6.07) is 12.4. The third-order valence-corrected chi connectivity index (χ3v) is 3.08. The number of amidine groups is 1. The van der Waals surface area contributed by atoms with E-state index in [1.54, 1.807) is 5.43 Å². The molecule has 4 nitrogen and oxygen atoms in total. The van der Waals surface area contributed by atoms with Crippen LogP contribution in [0, 0.1) is 0 Å². The zero-order valence-corrected chi connectivity index (χ0v) is 10.8. The molecule has 1 heterocycles. The average molecular weight is 293 g/mol. The number of benzene rings is 2. The molecule has 0 spiro atoms. The van der Waals surface area contributed by atoms with E-state index >= 15 is 0 Å². The van der Waals surface area contributed by atoms with Crippen LogP contribution in [-0.4, -0.2) is 5.84 Å². The van der Waals surface area contributed by atoms with Crippen LogP contribution in [0.3, 0.4) is 0 Å². The summed E-state index contributed by atoms with van der Waals surface area (Å²) in [5, 5.41) is 7.11. The summed E-state index contributed by atoms with van der Waals surface area (Å²) in [5.41, 5.74) is 6.04. The first-order valence-electron chi connectivity index (χ1n) is 6.24. The summed E-state index contributed by atoms with van der Waals surface area (Å²) in [6.07, 6.45) is -4.32. The van der Waals surface area contributed by atoms with Crippen LogP contribution in [0.4, 0.5) is 24.5 Å². The Bertz CT molecular complexity index is 677. The molecule has 0 bridgehead atoms. The van der Waals surface area contributed by atoms with E-state index in [1.807, 2.05) is 24.3 Å². The summed E-state index contributed by atoms with van der Waals surface area (Å²) < 4.78 is 37.6. The normalized spacial score (nSPS) is 14.0. The Hall–Kier alpha value is -2.54. The first-order valence-corrected chi connectivity index (χ1v) is 6.24. The van der Waals surface area contributed by atoms with Crippen molar-refractivity contribution in [2.75, 3.05) is 5.32 Å². The molecule has 0 aromatic heterocycles. The Morgan fingerprint density at radius 3 is 2.24 bits per heavy atom. The van der Waals surface area contributed by atoms with Gasteiger partial charge in [-0.2, -0.15) is 18.6 Å². The van der Waals surface area contributed by atoms with Crippen LogP contribution in [0.1, 0.15) is 11.1 Å². The summed E-state index contributed by atoms with van der Waals surface area (Å²) in [4.78, 5) is 0. The molecule has 4 N–H and O–H groups in total. The van der Waals surface area contributed by atoms with Crippen molar-refractivity contribution in [2.45, 2.75) is 6.18 Å². The highest BCUT2D eigenvalue weighted by Gasteiger charge is 2.30. The molecule has 7 heteroatoms. The van der Waals surface area contributed by atoms with Crippen molar-refractivity contribution < 1.29 is 18.6 Å². The number of nitrogens with one attached hydrogen (secondary N) is 2. The number of rotatable bonds is 3. The second kappa shape index (κ2) is 5.10. The maximum atomic E-state index is 12.5. The molecule has 0 unspecified atom stereocenters. The Kier molecular flexibility index (Phi) is 3.26. The van der Waals surface area contributed by atoms with E-state index in [2.05, 4.69) is 16.0 Å². The van der Waals surface area contributed by atoms with Gasteiger partial charge >= 0.3 is 6.18 Å². The van der Waals surface area contributed by atoms with Crippen molar-refractivity contribution in [3.8, 4) is 0 Å². The van der Waals surface area contributed by atoms with Crippen LogP contribution >= 0.6 is 0 Å². The van der Waals surface area contributed by atoms with Crippen molar-refractivity contribution in [3.63, 3.8) is 0 Å². The lowest BCUT2D eigenvalue weighted by Crippen LogP contribution is -3.02. The summed E-state index contributed by atoms with van der Waals surface area (Å²) in [7, 11) is 0. The number of alkyl halides is 3. The van der Waals surface area contributed by atoms with Crippen LogP contribution in [-0.2, 0) is 6.18 Å². The number of nitrogens with two attached hydrogens (primary N) is 1. The third-order valence-electron chi connectivity index (χ3n) is 3.08. The van der Waals surface area contributed by atoms with E-state index in [0.29, 0.717) is 5.69 Å². The molecule has 0 atom stereocenters. The molecule has 0 amide bonds. The highest BCUT2D eigenvalue weighted by Crippen LogP contribution is 2.30. The van der Waals surface area contributed by atoms with E-state index < -0.39 is 11.7 Å². The van der Waals surface area contributed by atoms with Gasteiger partial charge in [0.15, 0.2) is 0 Å².